The van der Waals surface area contributed by atoms with Crippen LogP contribution in [0.2, 0.25) is 0 Å². The molecule has 0 radical (unpaired) electrons. The molecule has 0 saturated heterocycles. The Morgan fingerprint density at radius 1 is 1.47 bits per heavy atom. The summed E-state index contributed by atoms with van der Waals surface area (Å²) in [4.78, 5) is 5.02. The summed E-state index contributed by atoms with van der Waals surface area (Å²) in [5.41, 5.74) is 9.42. The zero-order chi connectivity index (χ0) is 13.6. The highest BCUT2D eigenvalue weighted by Gasteiger charge is 2.53. The van der Waals surface area contributed by atoms with Gasteiger partial charge in [-0.15, -0.1) is 0 Å². The Bertz CT molecular complexity index is 530. The van der Waals surface area contributed by atoms with Crippen LogP contribution in [0.1, 0.15) is 42.5 Å². The van der Waals surface area contributed by atoms with E-state index in [0.717, 1.165) is 35.1 Å². The van der Waals surface area contributed by atoms with E-state index >= 15 is 0 Å². The Hall–Kier alpha value is -1.16. The molecule has 102 valence electrons. The highest BCUT2D eigenvalue weighted by atomic mass is 32.1. The summed E-state index contributed by atoms with van der Waals surface area (Å²) < 4.78 is 0. The van der Waals surface area contributed by atoms with E-state index in [4.69, 9.17) is 18.0 Å². The van der Waals surface area contributed by atoms with Gasteiger partial charge in [0.2, 0.25) is 0 Å². The topological polar surface area (TPSA) is 50.9 Å². The average Bonchev–Trinajstić information content (AvgIpc) is 3.17. The van der Waals surface area contributed by atoms with Gasteiger partial charge in [0.05, 0.1) is 5.56 Å². The van der Waals surface area contributed by atoms with Crippen molar-refractivity contribution in [1.82, 2.24) is 4.98 Å². The van der Waals surface area contributed by atoms with Gasteiger partial charge in [-0.3, -0.25) is 0 Å². The third-order valence-corrected chi connectivity index (χ3v) is 4.74. The molecule has 0 unspecified atom stereocenters. The maximum Gasteiger partial charge on any atom is 0.136 e. The maximum absolute atomic E-state index is 5.84. The predicted octanol–water partition coefficient (Wildman–Crippen LogP) is 2.93. The molecule has 0 amide bonds. The first kappa shape index (κ1) is 12.9. The third kappa shape index (κ3) is 2.46. The van der Waals surface area contributed by atoms with Gasteiger partial charge in [-0.05, 0) is 62.5 Å². The largest absolute Gasteiger partial charge is 0.389 e. The molecule has 3 N–H and O–H groups in total. The van der Waals surface area contributed by atoms with Crippen molar-refractivity contribution < 1.29 is 0 Å². The van der Waals surface area contributed by atoms with Crippen molar-refractivity contribution in [3.05, 3.63) is 22.9 Å². The van der Waals surface area contributed by atoms with Gasteiger partial charge in [0.25, 0.3) is 0 Å². The van der Waals surface area contributed by atoms with Crippen LogP contribution in [0.15, 0.2) is 6.07 Å². The van der Waals surface area contributed by atoms with Gasteiger partial charge in [-0.25, -0.2) is 4.98 Å². The third-order valence-electron chi connectivity index (χ3n) is 4.53. The lowest BCUT2D eigenvalue weighted by Gasteiger charge is -2.18. The summed E-state index contributed by atoms with van der Waals surface area (Å²) >= 11 is 5.17. The van der Waals surface area contributed by atoms with E-state index in [0.29, 0.717) is 10.4 Å². The first-order valence-corrected chi connectivity index (χ1v) is 7.44. The molecule has 0 spiro atoms. The molecule has 0 aliphatic heterocycles. The zero-order valence-corrected chi connectivity index (χ0v) is 12.4. The lowest BCUT2D eigenvalue weighted by atomic mass is 10.0. The van der Waals surface area contributed by atoms with Crippen LogP contribution in [0.3, 0.4) is 0 Å². The first-order valence-electron chi connectivity index (χ1n) is 7.04. The van der Waals surface area contributed by atoms with E-state index in [-0.39, 0.29) is 0 Å². The van der Waals surface area contributed by atoms with Gasteiger partial charge in [0.15, 0.2) is 0 Å². The second kappa shape index (κ2) is 4.44. The summed E-state index contributed by atoms with van der Waals surface area (Å²) in [7, 11) is 0. The number of thiocarbonyl (C=S) groups is 1. The molecular weight excluding hydrogens is 254 g/mol. The van der Waals surface area contributed by atoms with Crippen molar-refractivity contribution in [2.75, 3.05) is 11.9 Å². The summed E-state index contributed by atoms with van der Waals surface area (Å²) in [6.07, 6.45) is 5.53. The zero-order valence-electron chi connectivity index (χ0n) is 11.6. The highest BCUT2D eigenvalue weighted by Crippen LogP contribution is 2.61. The molecule has 0 atom stereocenters. The Balaban J connectivity index is 1.81. The second-order valence-corrected chi connectivity index (χ2v) is 6.60. The molecule has 2 aliphatic carbocycles. The van der Waals surface area contributed by atoms with Crippen LogP contribution >= 0.6 is 12.2 Å². The molecular formula is C15H21N3S. The fourth-order valence-electron chi connectivity index (χ4n) is 3.12. The van der Waals surface area contributed by atoms with Crippen LogP contribution in [-0.4, -0.2) is 16.5 Å². The normalized spacial score (nSPS) is 20.1. The molecule has 0 bridgehead atoms. The number of anilines is 1. The number of nitrogens with one attached hydrogen (secondary N) is 1. The number of rotatable bonds is 5. The minimum atomic E-state index is 0.434. The number of hydrogen-bond acceptors (Lipinski definition) is 3. The monoisotopic (exact) mass is 275 g/mol. The van der Waals surface area contributed by atoms with Gasteiger partial charge in [0.1, 0.15) is 10.8 Å². The van der Waals surface area contributed by atoms with Gasteiger partial charge < -0.3 is 11.1 Å². The summed E-state index contributed by atoms with van der Waals surface area (Å²) in [5, 5.41) is 3.52. The molecule has 2 saturated carbocycles. The molecule has 1 aromatic rings. The van der Waals surface area contributed by atoms with E-state index in [1.165, 1.54) is 25.7 Å². The van der Waals surface area contributed by atoms with Crippen molar-refractivity contribution in [2.45, 2.75) is 39.5 Å². The van der Waals surface area contributed by atoms with Gasteiger partial charge in [-0.2, -0.15) is 0 Å². The number of aromatic nitrogens is 1. The van der Waals surface area contributed by atoms with E-state index in [1.807, 2.05) is 19.9 Å². The lowest BCUT2D eigenvalue weighted by molar-refractivity contribution is 0.466. The average molecular weight is 275 g/mol. The Morgan fingerprint density at radius 3 is 2.68 bits per heavy atom. The highest BCUT2D eigenvalue weighted by molar-refractivity contribution is 7.80. The van der Waals surface area contributed by atoms with Crippen LogP contribution in [0.25, 0.3) is 0 Å². The lowest BCUT2D eigenvalue weighted by Crippen LogP contribution is -2.22. The van der Waals surface area contributed by atoms with Crippen molar-refractivity contribution in [2.24, 2.45) is 17.1 Å². The smallest absolute Gasteiger partial charge is 0.136 e. The van der Waals surface area contributed by atoms with Gasteiger partial charge in [0, 0.05) is 12.2 Å². The standard InChI is InChI=1S/C15H21N3S/c1-9-7-10(2)18-14(12(9)13(16)19)17-8-15(5-6-15)11-3-4-11/h7,11H,3-6,8H2,1-2H3,(H2,16,19)(H,17,18). The molecule has 0 aromatic carbocycles. The molecule has 3 rings (SSSR count). The van der Waals surface area contributed by atoms with E-state index in [1.54, 1.807) is 0 Å². The summed E-state index contributed by atoms with van der Waals surface area (Å²) in [6.45, 7) is 5.07. The van der Waals surface area contributed by atoms with Crippen LogP contribution < -0.4 is 11.1 Å². The molecule has 3 nitrogen and oxygen atoms in total. The SMILES string of the molecule is Cc1cc(C)c(C(N)=S)c(NCC2(C3CC3)CC2)n1. The minimum absolute atomic E-state index is 0.434. The minimum Gasteiger partial charge on any atom is -0.389 e. The number of nitrogens with two attached hydrogens (primary N) is 1. The maximum atomic E-state index is 5.84. The predicted molar refractivity (Wildman–Crippen MR) is 82.5 cm³/mol. The van der Waals surface area contributed by atoms with E-state index < -0.39 is 0 Å². The van der Waals surface area contributed by atoms with Crippen molar-refractivity contribution >= 4 is 23.0 Å². The van der Waals surface area contributed by atoms with E-state index in [2.05, 4.69) is 10.3 Å². The van der Waals surface area contributed by atoms with Crippen LogP contribution in [0.5, 0.6) is 0 Å². The first-order chi connectivity index (χ1) is 9.02. The van der Waals surface area contributed by atoms with Crippen molar-refractivity contribution in [3.8, 4) is 0 Å². The second-order valence-electron chi connectivity index (χ2n) is 6.16. The van der Waals surface area contributed by atoms with Crippen LogP contribution in [0, 0.1) is 25.2 Å². The van der Waals surface area contributed by atoms with Crippen LogP contribution in [0.4, 0.5) is 5.82 Å². The molecule has 2 fully saturated rings. The van der Waals surface area contributed by atoms with Gasteiger partial charge >= 0.3 is 0 Å². The summed E-state index contributed by atoms with van der Waals surface area (Å²) in [6, 6.07) is 2.04. The summed E-state index contributed by atoms with van der Waals surface area (Å²) in [5.74, 6) is 1.82. The molecule has 19 heavy (non-hydrogen) atoms. The molecule has 1 aromatic heterocycles. The Kier molecular flexibility index (Phi) is 3.01. The fraction of sp³-hybridized carbons (Fsp3) is 0.600. The van der Waals surface area contributed by atoms with Crippen LogP contribution in [-0.2, 0) is 0 Å². The Morgan fingerprint density at radius 2 is 2.16 bits per heavy atom. The van der Waals surface area contributed by atoms with Crippen molar-refractivity contribution in [1.29, 1.82) is 0 Å². The molecule has 1 heterocycles. The van der Waals surface area contributed by atoms with E-state index in [9.17, 15) is 0 Å². The molecule has 2 aliphatic rings. The fourth-order valence-corrected chi connectivity index (χ4v) is 3.38. The Labute approximate surface area is 120 Å². The van der Waals surface area contributed by atoms with Crippen molar-refractivity contribution in [3.63, 3.8) is 0 Å². The number of nitrogens with zero attached hydrogens (tertiary/aromatic N) is 1. The molecule has 4 heteroatoms. The number of aryl methyl sites for hydroxylation is 2. The quantitative estimate of drug-likeness (QED) is 0.811. The number of pyridine rings is 1. The number of hydrogen-bond donors (Lipinski definition) is 2. The van der Waals surface area contributed by atoms with Gasteiger partial charge in [-0.1, -0.05) is 12.2 Å².